The number of anilines is 1. The van der Waals surface area contributed by atoms with Gasteiger partial charge in [-0.2, -0.15) is 5.26 Å². The van der Waals surface area contributed by atoms with Gasteiger partial charge < -0.3 is 9.80 Å². The highest BCUT2D eigenvalue weighted by Gasteiger charge is 2.50. The van der Waals surface area contributed by atoms with Crippen molar-refractivity contribution in [1.82, 2.24) is 15.2 Å². The maximum atomic E-state index is 13.2. The highest BCUT2D eigenvalue weighted by Crippen LogP contribution is 2.33. The third-order valence-electron chi connectivity index (χ3n) is 5.97. The van der Waals surface area contributed by atoms with Crippen molar-refractivity contribution in [2.24, 2.45) is 0 Å². The molecule has 3 fully saturated rings. The van der Waals surface area contributed by atoms with Crippen LogP contribution in [0.3, 0.4) is 0 Å². The van der Waals surface area contributed by atoms with Gasteiger partial charge in [-0.25, -0.2) is 4.98 Å². The van der Waals surface area contributed by atoms with E-state index in [1.165, 1.54) is 19.3 Å². The monoisotopic (exact) mass is 339 g/mol. The lowest BCUT2D eigenvalue weighted by Gasteiger charge is -2.40. The molecule has 1 aliphatic carbocycles. The van der Waals surface area contributed by atoms with Gasteiger partial charge in [-0.3, -0.25) is 10.1 Å². The van der Waals surface area contributed by atoms with Crippen molar-refractivity contribution < 1.29 is 4.79 Å². The van der Waals surface area contributed by atoms with Crippen LogP contribution in [0.4, 0.5) is 5.82 Å². The fraction of sp³-hybridized carbons (Fsp3) is 0.632. The van der Waals surface area contributed by atoms with Gasteiger partial charge in [0.05, 0.1) is 12.2 Å². The quantitative estimate of drug-likeness (QED) is 0.892. The Bertz CT molecular complexity index is 676. The van der Waals surface area contributed by atoms with Gasteiger partial charge in [-0.1, -0.05) is 19.3 Å². The highest BCUT2D eigenvalue weighted by molar-refractivity contribution is 5.89. The summed E-state index contributed by atoms with van der Waals surface area (Å²) in [5.41, 5.74) is 0.0969. The third-order valence-corrected chi connectivity index (χ3v) is 5.97. The molecule has 0 bridgehead atoms. The molecule has 3 aliphatic rings. The van der Waals surface area contributed by atoms with Crippen LogP contribution in [0, 0.1) is 11.3 Å². The second kappa shape index (κ2) is 6.64. The smallest absolute Gasteiger partial charge is 0.246 e. The Labute approximate surface area is 148 Å². The molecule has 2 saturated heterocycles. The molecule has 6 heteroatoms. The minimum absolute atomic E-state index is 0.276. The Morgan fingerprint density at radius 3 is 2.80 bits per heavy atom. The second-order valence-corrected chi connectivity index (χ2v) is 7.53. The molecule has 132 valence electrons. The lowest BCUT2D eigenvalue weighted by atomic mass is 9.87. The van der Waals surface area contributed by atoms with Gasteiger partial charge in [0.15, 0.2) is 0 Å². The number of piperidine rings is 1. The molecule has 1 N–H and O–H groups in total. The van der Waals surface area contributed by atoms with Gasteiger partial charge in [0, 0.05) is 25.3 Å². The lowest BCUT2D eigenvalue weighted by Crippen LogP contribution is -2.59. The van der Waals surface area contributed by atoms with Crippen molar-refractivity contribution in [2.75, 3.05) is 24.7 Å². The highest BCUT2D eigenvalue weighted by atomic mass is 16.2. The Balaban J connectivity index is 1.50. The zero-order valence-corrected chi connectivity index (χ0v) is 14.6. The molecule has 2 aliphatic heterocycles. The predicted molar refractivity (Wildman–Crippen MR) is 94.9 cm³/mol. The first-order chi connectivity index (χ1) is 12.2. The molecule has 0 radical (unpaired) electrons. The first kappa shape index (κ1) is 16.3. The number of rotatable bonds is 2. The van der Waals surface area contributed by atoms with Crippen molar-refractivity contribution in [1.29, 1.82) is 5.26 Å². The first-order valence-corrected chi connectivity index (χ1v) is 9.39. The second-order valence-electron chi connectivity index (χ2n) is 7.53. The van der Waals surface area contributed by atoms with E-state index in [4.69, 9.17) is 5.26 Å². The van der Waals surface area contributed by atoms with Crippen LogP contribution >= 0.6 is 0 Å². The molecule has 25 heavy (non-hydrogen) atoms. The molecule has 6 nitrogen and oxygen atoms in total. The third kappa shape index (κ3) is 2.98. The topological polar surface area (TPSA) is 72.3 Å². The van der Waals surface area contributed by atoms with Crippen LogP contribution in [0.15, 0.2) is 18.3 Å². The number of nitriles is 1. The molecule has 1 aromatic heterocycles. The summed E-state index contributed by atoms with van der Waals surface area (Å²) < 4.78 is 0. The zero-order valence-electron chi connectivity index (χ0n) is 14.6. The molecule has 1 saturated carbocycles. The fourth-order valence-electron chi connectivity index (χ4n) is 4.56. The van der Waals surface area contributed by atoms with Gasteiger partial charge in [0.1, 0.15) is 17.4 Å². The number of hydrogen-bond donors (Lipinski definition) is 1. The number of nitrogens with zero attached hydrogens (tertiary/aromatic N) is 4. The Kier molecular flexibility index (Phi) is 4.34. The summed E-state index contributed by atoms with van der Waals surface area (Å²) in [6, 6.07) is 6.19. The van der Waals surface area contributed by atoms with E-state index in [9.17, 15) is 4.79 Å². The number of carbonyl (C=O) groups is 1. The summed E-state index contributed by atoms with van der Waals surface area (Å²) in [4.78, 5) is 21.9. The minimum Gasteiger partial charge on any atom is -0.354 e. The van der Waals surface area contributed by atoms with E-state index in [-0.39, 0.29) is 5.91 Å². The van der Waals surface area contributed by atoms with Crippen LogP contribution in [0.2, 0.25) is 0 Å². The van der Waals surface area contributed by atoms with Crippen molar-refractivity contribution >= 4 is 11.7 Å². The van der Waals surface area contributed by atoms with Crippen LogP contribution in [0.1, 0.15) is 50.5 Å². The predicted octanol–water partition coefficient (Wildman–Crippen LogP) is 2.01. The van der Waals surface area contributed by atoms with Crippen molar-refractivity contribution in [3.05, 3.63) is 23.9 Å². The van der Waals surface area contributed by atoms with E-state index >= 15 is 0 Å². The minimum atomic E-state index is -0.467. The van der Waals surface area contributed by atoms with E-state index in [0.29, 0.717) is 24.8 Å². The van der Waals surface area contributed by atoms with Gasteiger partial charge in [-0.05, 0) is 37.8 Å². The van der Waals surface area contributed by atoms with Crippen LogP contribution in [0.5, 0.6) is 0 Å². The molecule has 4 rings (SSSR count). The Morgan fingerprint density at radius 1 is 1.24 bits per heavy atom. The number of pyridine rings is 1. The molecule has 1 atom stereocenters. The number of hydrogen-bond acceptors (Lipinski definition) is 5. The number of carbonyl (C=O) groups excluding carboxylic acids is 1. The summed E-state index contributed by atoms with van der Waals surface area (Å²) >= 11 is 0. The normalized spacial score (nSPS) is 27.7. The van der Waals surface area contributed by atoms with E-state index < -0.39 is 5.54 Å². The molecule has 1 aromatic rings. The Morgan fingerprint density at radius 2 is 2.08 bits per heavy atom. The van der Waals surface area contributed by atoms with Crippen molar-refractivity contribution in [2.45, 2.75) is 56.5 Å². The summed E-state index contributed by atoms with van der Waals surface area (Å²) in [6.45, 7) is 2.24. The molecular weight excluding hydrogens is 314 g/mol. The summed E-state index contributed by atoms with van der Waals surface area (Å²) in [5, 5.41) is 12.5. The number of amides is 1. The summed E-state index contributed by atoms with van der Waals surface area (Å²) in [5.74, 6) is 1.13. The van der Waals surface area contributed by atoms with Crippen LogP contribution in [-0.4, -0.2) is 47.1 Å². The van der Waals surface area contributed by atoms with Crippen molar-refractivity contribution in [3.8, 4) is 6.07 Å². The molecule has 1 amide bonds. The van der Waals surface area contributed by atoms with Crippen LogP contribution < -0.4 is 10.2 Å². The molecule has 1 unspecified atom stereocenters. The van der Waals surface area contributed by atoms with E-state index in [2.05, 4.69) is 26.2 Å². The van der Waals surface area contributed by atoms with Crippen LogP contribution in [-0.2, 0) is 4.79 Å². The number of nitrogens with one attached hydrogen (secondary N) is 1. The first-order valence-electron chi connectivity index (χ1n) is 9.39. The largest absolute Gasteiger partial charge is 0.354 e. The zero-order chi connectivity index (χ0) is 17.3. The molecular formula is C19H25N5O. The van der Waals surface area contributed by atoms with Crippen molar-refractivity contribution in [3.63, 3.8) is 0 Å². The van der Waals surface area contributed by atoms with Crippen LogP contribution in [0.25, 0.3) is 0 Å². The molecule has 3 heterocycles. The van der Waals surface area contributed by atoms with Gasteiger partial charge >= 0.3 is 0 Å². The average Bonchev–Trinajstić information content (AvgIpc) is 2.98. The summed E-state index contributed by atoms with van der Waals surface area (Å²) in [7, 11) is 0. The van der Waals surface area contributed by atoms with Gasteiger partial charge in [0.2, 0.25) is 5.91 Å². The van der Waals surface area contributed by atoms with Gasteiger partial charge in [0.25, 0.3) is 0 Å². The SMILES string of the molecule is N#Cc1ccc(N2CCCC3(C2)NCN(C2CCCCC2)C3=O)nc1. The average molecular weight is 339 g/mol. The van der Waals surface area contributed by atoms with E-state index in [1.54, 1.807) is 12.3 Å². The van der Waals surface area contributed by atoms with Gasteiger partial charge in [-0.15, -0.1) is 0 Å². The maximum Gasteiger partial charge on any atom is 0.246 e. The maximum absolute atomic E-state index is 13.2. The standard InChI is InChI=1S/C19H25N5O/c20-11-15-7-8-17(21-12-15)23-10-4-9-19(13-23)18(25)24(14-22-19)16-5-2-1-3-6-16/h7-8,12,16,22H,1-6,9-10,13-14H2. The Hall–Kier alpha value is -2.13. The summed E-state index contributed by atoms with van der Waals surface area (Å²) in [6.07, 6.45) is 9.53. The lowest BCUT2D eigenvalue weighted by molar-refractivity contribution is -0.135. The molecule has 1 spiro atoms. The fourth-order valence-corrected chi connectivity index (χ4v) is 4.56. The molecule has 0 aromatic carbocycles. The van der Waals surface area contributed by atoms with E-state index in [1.807, 2.05) is 6.07 Å². The van der Waals surface area contributed by atoms with E-state index in [0.717, 1.165) is 38.0 Å². The number of aromatic nitrogens is 1.